The molecule has 0 bridgehead atoms. The van der Waals surface area contributed by atoms with E-state index in [1.165, 1.54) is 4.68 Å². The lowest BCUT2D eigenvalue weighted by Crippen LogP contribution is -2.42. The van der Waals surface area contributed by atoms with Crippen LogP contribution in [0, 0.1) is 0 Å². The van der Waals surface area contributed by atoms with Crippen LogP contribution in [0.3, 0.4) is 0 Å². The summed E-state index contributed by atoms with van der Waals surface area (Å²) in [5.41, 5.74) is 1.45. The fourth-order valence-corrected chi connectivity index (χ4v) is 3.16. The Bertz CT molecular complexity index is 1010. The van der Waals surface area contributed by atoms with Gasteiger partial charge in [0.1, 0.15) is 18.0 Å². The molecule has 0 saturated heterocycles. The SMILES string of the molecule is COc1ccc(-[n+]2noc([O-])c2CN(C(=O)c2cccc(OC)c2)C2CC2)cc1. The lowest BCUT2D eigenvalue weighted by molar-refractivity contribution is -0.678. The predicted molar refractivity (Wildman–Crippen MR) is 99.9 cm³/mol. The minimum absolute atomic E-state index is 0.0901. The Morgan fingerprint density at radius 3 is 2.55 bits per heavy atom. The number of benzene rings is 2. The fourth-order valence-electron chi connectivity index (χ4n) is 3.16. The lowest BCUT2D eigenvalue weighted by Gasteiger charge is -2.21. The molecule has 0 unspecified atom stereocenters. The Morgan fingerprint density at radius 2 is 1.90 bits per heavy atom. The zero-order chi connectivity index (χ0) is 20.4. The molecule has 1 amide bonds. The van der Waals surface area contributed by atoms with E-state index in [1.807, 2.05) is 0 Å². The number of methoxy groups -OCH3 is 2. The van der Waals surface area contributed by atoms with Gasteiger partial charge in [-0.05, 0) is 47.9 Å². The number of carbonyl (C=O) groups excluding carboxylic acids is 1. The first-order valence-electron chi connectivity index (χ1n) is 9.28. The monoisotopic (exact) mass is 395 g/mol. The summed E-state index contributed by atoms with van der Waals surface area (Å²) in [6, 6.07) is 14.2. The van der Waals surface area contributed by atoms with Gasteiger partial charge in [-0.2, -0.15) is 0 Å². The van der Waals surface area contributed by atoms with E-state index in [-0.39, 0.29) is 18.5 Å². The first kappa shape index (κ1) is 18.8. The summed E-state index contributed by atoms with van der Waals surface area (Å²) in [4.78, 5) is 14.9. The number of ether oxygens (including phenoxy) is 2. The van der Waals surface area contributed by atoms with Crippen molar-refractivity contribution in [2.45, 2.75) is 25.4 Å². The first-order chi connectivity index (χ1) is 14.1. The smallest absolute Gasteiger partial charge is 0.259 e. The van der Waals surface area contributed by atoms with Crippen LogP contribution in [0.15, 0.2) is 53.1 Å². The van der Waals surface area contributed by atoms with E-state index in [4.69, 9.17) is 14.0 Å². The van der Waals surface area contributed by atoms with Gasteiger partial charge < -0.3 is 24.0 Å². The Hall–Kier alpha value is -3.55. The molecular weight excluding hydrogens is 374 g/mol. The molecule has 1 aliphatic rings. The zero-order valence-corrected chi connectivity index (χ0v) is 16.2. The number of carbonyl (C=O) groups is 1. The quantitative estimate of drug-likeness (QED) is 0.567. The number of aromatic nitrogens is 2. The lowest BCUT2D eigenvalue weighted by atomic mass is 10.1. The van der Waals surface area contributed by atoms with Gasteiger partial charge in [0.05, 0.1) is 19.5 Å². The molecule has 0 spiro atoms. The fraction of sp³-hybridized carbons (Fsp3) is 0.286. The Balaban J connectivity index is 1.64. The highest BCUT2D eigenvalue weighted by Gasteiger charge is 2.36. The number of rotatable bonds is 7. The predicted octanol–water partition coefficient (Wildman–Crippen LogP) is 1.85. The van der Waals surface area contributed by atoms with Crippen LogP contribution in [0.5, 0.6) is 17.4 Å². The summed E-state index contributed by atoms with van der Waals surface area (Å²) in [7, 11) is 3.14. The molecule has 150 valence electrons. The highest BCUT2D eigenvalue weighted by molar-refractivity contribution is 5.95. The highest BCUT2D eigenvalue weighted by Crippen LogP contribution is 2.31. The van der Waals surface area contributed by atoms with E-state index in [1.54, 1.807) is 67.7 Å². The molecule has 1 aromatic heterocycles. The molecule has 8 nitrogen and oxygen atoms in total. The molecule has 1 saturated carbocycles. The van der Waals surface area contributed by atoms with Gasteiger partial charge in [0.15, 0.2) is 5.95 Å². The van der Waals surface area contributed by atoms with Crippen LogP contribution in [-0.2, 0) is 6.54 Å². The van der Waals surface area contributed by atoms with Crippen molar-refractivity contribution < 1.29 is 28.6 Å². The second-order valence-corrected chi connectivity index (χ2v) is 6.81. The van der Waals surface area contributed by atoms with Crippen molar-refractivity contribution in [2.75, 3.05) is 14.2 Å². The van der Waals surface area contributed by atoms with Crippen molar-refractivity contribution in [2.24, 2.45) is 0 Å². The topological polar surface area (TPSA) is 91.7 Å². The van der Waals surface area contributed by atoms with Gasteiger partial charge >= 0.3 is 0 Å². The molecule has 0 aliphatic heterocycles. The maximum Gasteiger partial charge on any atom is 0.259 e. The van der Waals surface area contributed by atoms with Crippen molar-refractivity contribution >= 4 is 5.91 Å². The van der Waals surface area contributed by atoms with E-state index in [9.17, 15) is 9.90 Å². The summed E-state index contributed by atoms with van der Waals surface area (Å²) >= 11 is 0. The van der Waals surface area contributed by atoms with Crippen LogP contribution >= 0.6 is 0 Å². The molecule has 29 heavy (non-hydrogen) atoms. The van der Waals surface area contributed by atoms with Crippen molar-refractivity contribution in [3.05, 3.63) is 59.8 Å². The molecule has 3 aromatic rings. The van der Waals surface area contributed by atoms with Crippen molar-refractivity contribution in [1.82, 2.24) is 10.2 Å². The molecule has 1 aliphatic carbocycles. The van der Waals surface area contributed by atoms with Gasteiger partial charge in [-0.15, -0.1) is 0 Å². The van der Waals surface area contributed by atoms with E-state index in [2.05, 4.69) is 5.27 Å². The molecule has 8 heteroatoms. The summed E-state index contributed by atoms with van der Waals surface area (Å²) in [6.07, 6.45) is 1.80. The van der Waals surface area contributed by atoms with Crippen molar-refractivity contribution in [3.63, 3.8) is 0 Å². The normalized spacial score (nSPS) is 13.2. The third-order valence-corrected chi connectivity index (χ3v) is 4.90. The minimum Gasteiger partial charge on any atom is -0.539 e. The second-order valence-electron chi connectivity index (χ2n) is 6.81. The van der Waals surface area contributed by atoms with Gasteiger partial charge in [-0.1, -0.05) is 6.07 Å². The van der Waals surface area contributed by atoms with Crippen LogP contribution in [-0.4, -0.2) is 36.3 Å². The van der Waals surface area contributed by atoms with Crippen molar-refractivity contribution in [1.29, 1.82) is 0 Å². The summed E-state index contributed by atoms with van der Waals surface area (Å²) in [5, 5.41) is 16.2. The Kier molecular flexibility index (Phi) is 5.07. The van der Waals surface area contributed by atoms with Gasteiger partial charge in [-0.25, -0.2) is 0 Å². The van der Waals surface area contributed by atoms with Crippen LogP contribution in [0.1, 0.15) is 28.9 Å². The van der Waals surface area contributed by atoms with Gasteiger partial charge in [0.2, 0.25) is 5.69 Å². The van der Waals surface area contributed by atoms with Crippen LogP contribution in [0.4, 0.5) is 0 Å². The average Bonchev–Trinajstić information content (AvgIpc) is 3.54. The molecule has 4 rings (SSSR count). The second kappa shape index (κ2) is 7.83. The minimum atomic E-state index is -0.565. The number of hydrogen-bond acceptors (Lipinski definition) is 6. The van der Waals surface area contributed by atoms with E-state index < -0.39 is 5.95 Å². The maximum absolute atomic E-state index is 13.2. The summed E-state index contributed by atoms with van der Waals surface area (Å²) in [6.45, 7) is 0.106. The molecule has 0 radical (unpaired) electrons. The number of hydrogen-bond donors (Lipinski definition) is 0. The average molecular weight is 395 g/mol. The third kappa shape index (κ3) is 3.87. The standard InChI is InChI=1S/C21H21N3O5/c1-27-17-10-8-16(9-11-17)24-19(21(26)29-22-24)13-23(15-6-7-15)20(25)14-4-3-5-18(12-14)28-2/h3-5,8-12,15H,6-7,13H2,1-2H3. The molecular formula is C21H21N3O5. The molecule has 0 atom stereocenters. The van der Waals surface area contributed by atoms with Gasteiger partial charge in [0.25, 0.3) is 11.6 Å². The molecule has 1 fully saturated rings. The number of nitrogens with zero attached hydrogens (tertiary/aromatic N) is 3. The van der Waals surface area contributed by atoms with E-state index in [0.717, 1.165) is 12.8 Å². The van der Waals surface area contributed by atoms with Crippen LogP contribution < -0.4 is 19.3 Å². The van der Waals surface area contributed by atoms with E-state index >= 15 is 0 Å². The largest absolute Gasteiger partial charge is 0.539 e. The molecule has 2 aromatic carbocycles. The van der Waals surface area contributed by atoms with Crippen LogP contribution in [0.2, 0.25) is 0 Å². The number of amides is 1. The third-order valence-electron chi connectivity index (χ3n) is 4.90. The van der Waals surface area contributed by atoms with Gasteiger partial charge in [0, 0.05) is 23.7 Å². The Morgan fingerprint density at radius 1 is 1.17 bits per heavy atom. The first-order valence-corrected chi connectivity index (χ1v) is 9.28. The Labute approximate surface area is 167 Å². The summed E-state index contributed by atoms with van der Waals surface area (Å²) in [5.74, 6) is 0.571. The van der Waals surface area contributed by atoms with Crippen LogP contribution in [0.25, 0.3) is 5.69 Å². The summed E-state index contributed by atoms with van der Waals surface area (Å²) < 4.78 is 16.7. The maximum atomic E-state index is 13.2. The van der Waals surface area contributed by atoms with Gasteiger partial charge in [-0.3, -0.25) is 4.79 Å². The highest BCUT2D eigenvalue weighted by atomic mass is 16.6. The molecule has 0 N–H and O–H groups in total. The molecule has 1 heterocycles. The van der Waals surface area contributed by atoms with Crippen molar-refractivity contribution in [3.8, 4) is 23.1 Å². The zero-order valence-electron chi connectivity index (χ0n) is 16.2. The van der Waals surface area contributed by atoms with E-state index in [0.29, 0.717) is 28.4 Å².